The van der Waals surface area contributed by atoms with E-state index in [1.165, 1.54) is 6.33 Å². The lowest BCUT2D eigenvalue weighted by molar-refractivity contribution is -0.129. The number of amides is 1. The monoisotopic (exact) mass is 288 g/mol. The van der Waals surface area contributed by atoms with Crippen LogP contribution in [0.1, 0.15) is 32.4 Å². The molecule has 0 radical (unpaired) electrons. The van der Waals surface area contributed by atoms with Crippen LogP contribution in [0.15, 0.2) is 12.4 Å². The molecule has 1 aliphatic heterocycles. The van der Waals surface area contributed by atoms with E-state index in [-0.39, 0.29) is 11.9 Å². The van der Waals surface area contributed by atoms with E-state index in [1.54, 1.807) is 4.52 Å². The van der Waals surface area contributed by atoms with Crippen LogP contribution in [0.3, 0.4) is 0 Å². The highest BCUT2D eigenvalue weighted by Gasteiger charge is 2.25. The molecule has 1 aliphatic rings. The zero-order valence-electron chi connectivity index (χ0n) is 12.4. The highest BCUT2D eigenvalue weighted by atomic mass is 16.2. The molecule has 3 heterocycles. The number of fused-ring (bicyclic) bond motifs is 1. The lowest BCUT2D eigenvalue weighted by Gasteiger charge is -2.17. The number of anilines is 1. The van der Waals surface area contributed by atoms with Gasteiger partial charge in [-0.05, 0) is 12.8 Å². The number of likely N-dealkylation sites (tertiary alicyclic amines) is 1. The Morgan fingerprint density at radius 2 is 2.33 bits per heavy atom. The van der Waals surface area contributed by atoms with Gasteiger partial charge >= 0.3 is 0 Å². The molecular formula is C14H20N6O. The molecule has 3 rings (SSSR count). The molecule has 2 aromatic heterocycles. The lowest BCUT2D eigenvalue weighted by Crippen LogP contribution is -2.31. The van der Waals surface area contributed by atoms with E-state index in [2.05, 4.69) is 27.3 Å². The third-order valence-corrected chi connectivity index (χ3v) is 3.86. The van der Waals surface area contributed by atoms with Crippen molar-refractivity contribution in [2.24, 2.45) is 0 Å². The first kappa shape index (κ1) is 13.8. The number of aromatic nitrogens is 4. The molecule has 2 aromatic rings. The molecule has 112 valence electrons. The number of carbonyl (C=O) groups is 1. The number of nitrogens with one attached hydrogen (secondary N) is 1. The molecular weight excluding hydrogens is 268 g/mol. The van der Waals surface area contributed by atoms with Crippen molar-refractivity contribution in [1.29, 1.82) is 0 Å². The second kappa shape index (κ2) is 5.67. The molecule has 1 atom stereocenters. The minimum Gasteiger partial charge on any atom is -0.365 e. The average molecular weight is 288 g/mol. The normalized spacial score (nSPS) is 18.4. The van der Waals surface area contributed by atoms with E-state index < -0.39 is 0 Å². The van der Waals surface area contributed by atoms with Crippen molar-refractivity contribution in [3.63, 3.8) is 0 Å². The van der Waals surface area contributed by atoms with Gasteiger partial charge in [0.25, 0.3) is 5.78 Å². The molecule has 0 bridgehead atoms. The Balaban J connectivity index is 1.79. The van der Waals surface area contributed by atoms with Crippen LogP contribution in [0.4, 0.5) is 5.82 Å². The van der Waals surface area contributed by atoms with Gasteiger partial charge in [-0.15, -0.1) is 0 Å². The van der Waals surface area contributed by atoms with E-state index >= 15 is 0 Å². The summed E-state index contributed by atoms with van der Waals surface area (Å²) in [5.41, 5.74) is 0.984. The molecule has 0 spiro atoms. The van der Waals surface area contributed by atoms with Crippen LogP contribution in [0.5, 0.6) is 0 Å². The zero-order valence-corrected chi connectivity index (χ0v) is 12.4. The standard InChI is InChI=1S/C14H20N6O/c1-3-10-7-12(20-14(18-10)15-9-16-20)17-11-5-6-19(8-11)13(21)4-2/h7,9,11,17H,3-6,8H2,1-2H3. The lowest BCUT2D eigenvalue weighted by atomic mass is 10.2. The van der Waals surface area contributed by atoms with Crippen molar-refractivity contribution in [2.75, 3.05) is 18.4 Å². The van der Waals surface area contributed by atoms with Gasteiger partial charge in [-0.2, -0.15) is 14.6 Å². The van der Waals surface area contributed by atoms with Crippen LogP contribution < -0.4 is 5.32 Å². The van der Waals surface area contributed by atoms with Crippen molar-refractivity contribution in [2.45, 2.75) is 39.2 Å². The molecule has 7 heteroatoms. The Morgan fingerprint density at radius 3 is 3.10 bits per heavy atom. The number of hydrogen-bond acceptors (Lipinski definition) is 5. The van der Waals surface area contributed by atoms with E-state index in [0.717, 1.165) is 37.4 Å². The van der Waals surface area contributed by atoms with Crippen molar-refractivity contribution < 1.29 is 4.79 Å². The fourth-order valence-electron chi connectivity index (χ4n) is 2.68. The second-order valence-electron chi connectivity index (χ2n) is 5.28. The summed E-state index contributed by atoms with van der Waals surface area (Å²) in [6.07, 6.45) is 3.87. The molecule has 0 saturated carbocycles. The van der Waals surface area contributed by atoms with Crippen molar-refractivity contribution >= 4 is 17.5 Å². The maximum Gasteiger partial charge on any atom is 0.254 e. The highest BCUT2D eigenvalue weighted by molar-refractivity contribution is 5.76. The third kappa shape index (κ3) is 2.68. The Labute approximate surface area is 123 Å². The van der Waals surface area contributed by atoms with Crippen LogP contribution in [0, 0.1) is 0 Å². The summed E-state index contributed by atoms with van der Waals surface area (Å²) in [4.78, 5) is 22.2. The first-order valence-corrected chi connectivity index (χ1v) is 7.45. The molecule has 1 amide bonds. The number of rotatable bonds is 4. The van der Waals surface area contributed by atoms with Crippen LogP contribution in [-0.2, 0) is 11.2 Å². The Kier molecular flexibility index (Phi) is 3.72. The van der Waals surface area contributed by atoms with Gasteiger partial charge in [-0.1, -0.05) is 13.8 Å². The maximum absolute atomic E-state index is 11.7. The molecule has 1 fully saturated rings. The predicted octanol–water partition coefficient (Wildman–Crippen LogP) is 1.11. The number of hydrogen-bond donors (Lipinski definition) is 1. The smallest absolute Gasteiger partial charge is 0.254 e. The Morgan fingerprint density at radius 1 is 1.48 bits per heavy atom. The van der Waals surface area contributed by atoms with Crippen LogP contribution >= 0.6 is 0 Å². The molecule has 21 heavy (non-hydrogen) atoms. The highest BCUT2D eigenvalue weighted by Crippen LogP contribution is 2.18. The number of nitrogens with zero attached hydrogens (tertiary/aromatic N) is 5. The average Bonchev–Trinajstić information content (AvgIpc) is 3.15. The van der Waals surface area contributed by atoms with Crippen molar-refractivity contribution in [3.8, 4) is 0 Å². The summed E-state index contributed by atoms with van der Waals surface area (Å²) in [5.74, 6) is 1.72. The summed E-state index contributed by atoms with van der Waals surface area (Å²) < 4.78 is 1.71. The quantitative estimate of drug-likeness (QED) is 0.912. The molecule has 1 unspecified atom stereocenters. The summed E-state index contributed by atoms with van der Waals surface area (Å²) in [5, 5.41) is 7.69. The Hall–Kier alpha value is -2.18. The molecule has 7 nitrogen and oxygen atoms in total. The van der Waals surface area contributed by atoms with Gasteiger partial charge in [0, 0.05) is 37.3 Å². The Bertz CT molecular complexity index is 652. The van der Waals surface area contributed by atoms with Crippen LogP contribution in [0.2, 0.25) is 0 Å². The summed E-state index contributed by atoms with van der Waals surface area (Å²) >= 11 is 0. The molecule has 0 aromatic carbocycles. The van der Waals surface area contributed by atoms with Crippen LogP contribution in [0.25, 0.3) is 5.78 Å². The number of aryl methyl sites for hydroxylation is 1. The molecule has 1 saturated heterocycles. The largest absolute Gasteiger partial charge is 0.365 e. The van der Waals surface area contributed by atoms with Gasteiger partial charge in [0.2, 0.25) is 5.91 Å². The predicted molar refractivity (Wildman–Crippen MR) is 79.1 cm³/mol. The second-order valence-corrected chi connectivity index (χ2v) is 5.28. The zero-order chi connectivity index (χ0) is 14.8. The third-order valence-electron chi connectivity index (χ3n) is 3.86. The molecule has 0 aliphatic carbocycles. The topological polar surface area (TPSA) is 75.4 Å². The summed E-state index contributed by atoms with van der Waals surface area (Å²) in [7, 11) is 0. The number of carbonyl (C=O) groups excluding carboxylic acids is 1. The van der Waals surface area contributed by atoms with E-state index in [4.69, 9.17) is 0 Å². The first-order valence-electron chi connectivity index (χ1n) is 7.45. The fraction of sp³-hybridized carbons (Fsp3) is 0.571. The summed E-state index contributed by atoms with van der Waals surface area (Å²) in [6.45, 7) is 5.53. The van der Waals surface area contributed by atoms with Crippen molar-refractivity contribution in [3.05, 3.63) is 18.1 Å². The SMILES string of the molecule is CCC(=O)N1CCC(Nc2cc(CC)nc3ncnn23)C1. The maximum atomic E-state index is 11.7. The van der Waals surface area contributed by atoms with E-state index in [9.17, 15) is 4.79 Å². The van der Waals surface area contributed by atoms with Crippen LogP contribution in [-0.4, -0.2) is 49.5 Å². The molecule has 1 N–H and O–H groups in total. The first-order chi connectivity index (χ1) is 10.2. The minimum atomic E-state index is 0.217. The van der Waals surface area contributed by atoms with Gasteiger partial charge in [0.05, 0.1) is 0 Å². The van der Waals surface area contributed by atoms with Gasteiger partial charge in [0.15, 0.2) is 0 Å². The van der Waals surface area contributed by atoms with Gasteiger partial charge in [0.1, 0.15) is 12.1 Å². The van der Waals surface area contributed by atoms with Crippen molar-refractivity contribution in [1.82, 2.24) is 24.5 Å². The van der Waals surface area contributed by atoms with Gasteiger partial charge in [-0.25, -0.2) is 4.98 Å². The minimum absolute atomic E-state index is 0.217. The van der Waals surface area contributed by atoms with E-state index in [0.29, 0.717) is 12.2 Å². The van der Waals surface area contributed by atoms with Gasteiger partial charge < -0.3 is 10.2 Å². The fourth-order valence-corrected chi connectivity index (χ4v) is 2.68. The van der Waals surface area contributed by atoms with E-state index in [1.807, 2.05) is 17.9 Å². The summed E-state index contributed by atoms with van der Waals surface area (Å²) in [6, 6.07) is 2.26. The van der Waals surface area contributed by atoms with Gasteiger partial charge in [-0.3, -0.25) is 4.79 Å².